The summed E-state index contributed by atoms with van der Waals surface area (Å²) in [6.07, 6.45) is 4.20. The molecular weight excluding hydrogens is 1920 g/mol. The number of carbonyl (C=O) groups is 12. The van der Waals surface area contributed by atoms with Crippen molar-refractivity contribution in [3.63, 3.8) is 0 Å². The number of furan rings is 3. The third kappa shape index (κ3) is 29.5. The number of anilines is 6. The Morgan fingerprint density at radius 2 is 0.626 bits per heavy atom. The Kier molecular flexibility index (Phi) is 42.6. The van der Waals surface area contributed by atoms with E-state index in [-0.39, 0.29) is 85.5 Å². The third-order valence-corrected chi connectivity index (χ3v) is 28.4. The summed E-state index contributed by atoms with van der Waals surface area (Å²) in [5.74, 6) is -4.39. The number of nitrogens with zero attached hydrogens (tertiary/aromatic N) is 5. The molecule has 10 aromatic heterocycles. The van der Waals surface area contributed by atoms with Gasteiger partial charge in [-0.15, -0.1) is 79.4 Å². The Morgan fingerprint density at radius 3 is 0.916 bits per heavy atom. The number of thiocyanates is 4. The van der Waals surface area contributed by atoms with E-state index in [1.165, 1.54) is 42.3 Å². The monoisotopic (exact) mass is 2000 g/mol. The van der Waals surface area contributed by atoms with Gasteiger partial charge in [-0.3, -0.25) is 28.8 Å². The van der Waals surface area contributed by atoms with Crippen molar-refractivity contribution in [2.24, 2.45) is 0 Å². The summed E-state index contributed by atoms with van der Waals surface area (Å²) >= 11 is 17.2. The molecule has 6 N–H and O–H groups in total. The summed E-state index contributed by atoms with van der Waals surface area (Å²) in [6, 6.07) is 33.9. The van der Waals surface area contributed by atoms with Crippen LogP contribution in [0.25, 0.3) is 0 Å². The van der Waals surface area contributed by atoms with Crippen LogP contribution in [0.5, 0.6) is 0 Å². The van der Waals surface area contributed by atoms with Gasteiger partial charge in [0.05, 0.1) is 97.8 Å². The van der Waals surface area contributed by atoms with Gasteiger partial charge in [0.1, 0.15) is 81.9 Å². The van der Waals surface area contributed by atoms with Crippen molar-refractivity contribution in [2.45, 2.75) is 103 Å². The first-order valence-electron chi connectivity index (χ1n) is 38.2. The Hall–Kier alpha value is -13.0. The van der Waals surface area contributed by atoms with E-state index in [0.29, 0.717) is 134 Å². The minimum Gasteiger partial charge on any atom is -0.462 e. The van der Waals surface area contributed by atoms with E-state index < -0.39 is 41.7 Å². The summed E-state index contributed by atoms with van der Waals surface area (Å²) in [6.45, 7) is 22.3. The molecular formula is C87H76ClN11O21S11. The molecule has 0 aliphatic rings. The molecule has 0 spiro atoms. The average Bonchev–Trinajstić information content (AvgIpc) is 1.68. The van der Waals surface area contributed by atoms with Crippen LogP contribution in [0.3, 0.4) is 0 Å². The fourth-order valence-electron chi connectivity index (χ4n) is 10.5. The highest BCUT2D eigenvalue weighted by atomic mass is 35.5. The van der Waals surface area contributed by atoms with Gasteiger partial charge < -0.3 is 73.6 Å². The van der Waals surface area contributed by atoms with Crippen LogP contribution in [-0.4, -0.2) is 111 Å². The second-order valence-corrected chi connectivity index (χ2v) is 36.0. The molecule has 0 bridgehead atoms. The number of thiophene rings is 7. The first kappa shape index (κ1) is 105. The predicted octanol–water partition coefficient (Wildman–Crippen LogP) is 22.6. The van der Waals surface area contributed by atoms with Crippen LogP contribution in [-0.2, 0) is 28.4 Å². The zero-order chi connectivity index (χ0) is 96.0. The highest BCUT2D eigenvalue weighted by molar-refractivity contribution is 8.04. The minimum absolute atomic E-state index is 0.127. The standard InChI is InChI=1S/2C16H14N2O3S2.C14H11ClN2O3S3.C14H12N2O4S2.C14H12N2O4S.C13H13NO4S/c2*1-3-21-16(20)13-10(2)12(22-9-17)15(23-13)18-14(19)11-7-5-4-6-8-11;1-3-20-14(19)11-7(2)10(21-6-16)13(23-11)17-12(18)8-4-5-9(15)22-8;1-3-19-14(18)11-8(2)10(21-7-15)13(22-11)16-12(17)9-5-4-6-20-9;1-3-19-14(18)11-8(2)9(7-15)13(21-11)16-12(17)10-5-4-6-20-10;1-3-17-13(16)11-8(2)7-10(19-11)14-12(15)9-5-4-6-18-9/h2*4-8H,3H2,1-2H3,(H,18,19);4-5H,3H2,1-2H3,(H,17,18);4-6H,3H2,1-2H3,(H,16,17);4-6H,3H2,1-2H3,(H,16,17);4-7H,3H2,1-2H3,(H,14,15). The smallest absolute Gasteiger partial charge is 0.348 e. The van der Waals surface area contributed by atoms with Crippen LogP contribution in [0.1, 0.15) is 201 Å². The van der Waals surface area contributed by atoms with Crippen molar-refractivity contribution in [3.05, 3.63) is 240 Å². The number of esters is 6. The van der Waals surface area contributed by atoms with E-state index in [1.807, 2.05) is 39.8 Å². The Morgan fingerprint density at radius 1 is 0.336 bits per heavy atom. The van der Waals surface area contributed by atoms with E-state index in [9.17, 15) is 62.8 Å². The molecule has 6 amide bonds. The number of nitrogens with one attached hydrogen (secondary N) is 6. The molecule has 0 aliphatic heterocycles. The minimum atomic E-state index is -0.505. The lowest BCUT2D eigenvalue weighted by Crippen LogP contribution is -2.11. The number of nitriles is 5. The van der Waals surface area contributed by atoms with Gasteiger partial charge in [-0.05, 0) is 242 Å². The number of halogens is 1. The number of aryl methyl sites for hydroxylation is 1. The zero-order valence-corrected chi connectivity index (χ0v) is 80.9. The van der Waals surface area contributed by atoms with Gasteiger partial charge in [0, 0.05) is 11.1 Å². The van der Waals surface area contributed by atoms with Gasteiger partial charge in [0.25, 0.3) is 35.4 Å². The second-order valence-electron chi connectivity index (χ2n) is 24.9. The van der Waals surface area contributed by atoms with Crippen LogP contribution in [0.15, 0.2) is 167 Å². The lowest BCUT2D eigenvalue weighted by molar-refractivity contribution is 0.0521. The number of ether oxygens (including phenoxy) is 6. The fourth-order valence-corrected chi connectivity index (χ4v) is 20.6. The topological polar surface area (TPSA) is 491 Å². The highest BCUT2D eigenvalue weighted by Crippen LogP contribution is 2.45. The molecule has 2 aromatic carbocycles. The van der Waals surface area contributed by atoms with Gasteiger partial charge >= 0.3 is 35.8 Å². The average molecular weight is 2000 g/mol. The Labute approximate surface area is 799 Å². The molecule has 0 aliphatic carbocycles. The van der Waals surface area contributed by atoms with Crippen molar-refractivity contribution in [1.29, 1.82) is 26.3 Å². The molecule has 12 rings (SSSR count). The van der Waals surface area contributed by atoms with Crippen LogP contribution < -0.4 is 31.9 Å². The van der Waals surface area contributed by atoms with E-state index in [4.69, 9.17) is 74.3 Å². The quantitative estimate of drug-likeness (QED) is 0.0115. The zero-order valence-electron chi connectivity index (χ0n) is 71.1. The molecule has 0 atom stereocenters. The molecule has 0 radical (unpaired) electrons. The number of benzene rings is 2. The molecule has 44 heteroatoms. The summed E-state index contributed by atoms with van der Waals surface area (Å²) in [5.41, 5.74) is 5.06. The first-order valence-corrected chi connectivity index (χ1v) is 47.6. The third-order valence-electron chi connectivity index (χ3n) is 16.4. The van der Waals surface area contributed by atoms with Crippen molar-refractivity contribution < 1.29 is 99.2 Å². The van der Waals surface area contributed by atoms with Crippen molar-refractivity contribution in [2.75, 3.05) is 71.5 Å². The SMILES string of the molecule is CCOC(=O)c1sc(NC(=O)c2ccc(Cl)s2)c(SC#N)c1C.CCOC(=O)c1sc(NC(=O)c2ccccc2)c(SC#N)c1C.CCOC(=O)c1sc(NC(=O)c2ccccc2)c(SC#N)c1C.CCOC(=O)c1sc(NC(=O)c2ccco2)c(C#N)c1C.CCOC(=O)c1sc(NC(=O)c2ccco2)c(SC#N)c1C.CCOC(=O)c1sc(NC(=O)c2ccco2)cc1C. The predicted molar refractivity (Wildman–Crippen MR) is 507 cm³/mol. The molecule has 12 aromatic rings. The van der Waals surface area contributed by atoms with E-state index >= 15 is 0 Å². The maximum Gasteiger partial charge on any atom is 0.348 e. The summed E-state index contributed by atoms with van der Waals surface area (Å²) in [7, 11) is 0. The molecule has 678 valence electrons. The van der Waals surface area contributed by atoms with Crippen LogP contribution >= 0.6 is 138 Å². The number of rotatable bonds is 28. The van der Waals surface area contributed by atoms with E-state index in [1.54, 1.807) is 174 Å². The van der Waals surface area contributed by atoms with Gasteiger partial charge in [-0.1, -0.05) is 48.0 Å². The van der Waals surface area contributed by atoms with Crippen molar-refractivity contribution in [3.8, 4) is 27.7 Å². The molecule has 0 saturated heterocycles. The molecule has 131 heavy (non-hydrogen) atoms. The normalized spacial score (nSPS) is 10.0. The van der Waals surface area contributed by atoms with E-state index in [2.05, 4.69) is 31.9 Å². The number of amides is 6. The lowest BCUT2D eigenvalue weighted by Gasteiger charge is -2.04. The fraction of sp³-hybridized carbons (Fsp3) is 0.207. The number of carbonyl (C=O) groups excluding carboxylic acids is 12. The van der Waals surface area contributed by atoms with E-state index in [0.717, 1.165) is 121 Å². The number of thioether (sulfide) groups is 4. The van der Waals surface area contributed by atoms with Crippen LogP contribution in [0.2, 0.25) is 4.34 Å². The number of hydrogen-bond donors (Lipinski definition) is 6. The second kappa shape index (κ2) is 53.2. The molecule has 0 fully saturated rings. The van der Waals surface area contributed by atoms with Gasteiger partial charge in [0.2, 0.25) is 0 Å². The lowest BCUT2D eigenvalue weighted by atomic mass is 10.2. The molecule has 0 saturated carbocycles. The Balaban J connectivity index is 0.000000215. The summed E-state index contributed by atoms with van der Waals surface area (Å²) < 4.78 is 45.4. The summed E-state index contributed by atoms with van der Waals surface area (Å²) in [4.78, 5) is 149. The number of hydrogen-bond acceptors (Lipinski definition) is 37. The maximum atomic E-state index is 12.3. The van der Waals surface area contributed by atoms with Crippen molar-refractivity contribution >= 4 is 239 Å². The molecule has 32 nitrogen and oxygen atoms in total. The van der Waals surface area contributed by atoms with Gasteiger partial charge in [0.15, 0.2) is 17.3 Å². The molecule has 0 unspecified atom stereocenters. The van der Waals surface area contributed by atoms with Gasteiger partial charge in [-0.2, -0.15) is 26.3 Å². The van der Waals surface area contributed by atoms with Crippen molar-refractivity contribution in [1.82, 2.24) is 0 Å². The van der Waals surface area contributed by atoms with Gasteiger partial charge in [-0.25, -0.2) is 28.8 Å². The highest BCUT2D eigenvalue weighted by Gasteiger charge is 2.30. The largest absolute Gasteiger partial charge is 0.462 e. The van der Waals surface area contributed by atoms with Crippen LogP contribution in [0, 0.1) is 95.5 Å². The molecule has 10 heterocycles. The Bertz CT molecular complexity index is 6160. The van der Waals surface area contributed by atoms with Crippen LogP contribution in [0.4, 0.5) is 30.0 Å². The summed E-state index contributed by atoms with van der Waals surface area (Å²) in [5, 5.41) is 71.8. The first-order chi connectivity index (χ1) is 62.9. The maximum absolute atomic E-state index is 12.3.